The molecule has 0 fully saturated rings. The van der Waals surface area contributed by atoms with E-state index in [2.05, 4.69) is 10.6 Å². The monoisotopic (exact) mass is 258 g/mol. The minimum absolute atomic E-state index is 0.0967. The third kappa shape index (κ3) is 5.70. The first-order valence-corrected chi connectivity index (χ1v) is 5.53. The second-order valence-corrected chi connectivity index (χ2v) is 3.72. The van der Waals surface area contributed by atoms with Crippen LogP contribution in [-0.4, -0.2) is 32.7 Å². The maximum atomic E-state index is 12.9. The molecule has 0 saturated carbocycles. The fourth-order valence-corrected chi connectivity index (χ4v) is 1.35. The highest BCUT2D eigenvalue weighted by Crippen LogP contribution is 2.07. The van der Waals surface area contributed by atoms with Crippen LogP contribution in [0.3, 0.4) is 0 Å². The van der Waals surface area contributed by atoms with Crippen LogP contribution in [0.2, 0.25) is 0 Å². The maximum absolute atomic E-state index is 12.9. The van der Waals surface area contributed by atoms with Gasteiger partial charge in [0.05, 0.1) is 13.2 Å². The van der Waals surface area contributed by atoms with Gasteiger partial charge in [-0.05, 0) is 17.7 Å². The lowest BCUT2D eigenvalue weighted by Crippen LogP contribution is -2.34. The molecule has 0 spiro atoms. The number of methoxy groups -OCH3 is 1. The van der Waals surface area contributed by atoms with E-state index in [1.54, 1.807) is 7.11 Å². The van der Waals surface area contributed by atoms with Crippen molar-refractivity contribution in [3.8, 4) is 0 Å². The van der Waals surface area contributed by atoms with Crippen molar-refractivity contribution in [2.45, 2.75) is 6.54 Å². The topological polar surface area (TPSA) is 50.4 Å². The summed E-state index contributed by atoms with van der Waals surface area (Å²) in [4.78, 5) is 11.3. The summed E-state index contributed by atoms with van der Waals surface area (Å²) in [6, 6.07) is 3.15. The van der Waals surface area contributed by atoms with Crippen molar-refractivity contribution < 1.29 is 18.3 Å². The summed E-state index contributed by atoms with van der Waals surface area (Å²) in [5.74, 6) is -1.55. The number of hydrogen-bond acceptors (Lipinski definition) is 3. The zero-order chi connectivity index (χ0) is 13.4. The molecule has 100 valence electrons. The summed E-state index contributed by atoms with van der Waals surface area (Å²) in [5, 5.41) is 5.41. The van der Waals surface area contributed by atoms with Crippen LogP contribution in [0.1, 0.15) is 5.56 Å². The molecular weight excluding hydrogens is 242 g/mol. The molecule has 1 rings (SSSR count). The van der Waals surface area contributed by atoms with E-state index in [1.807, 2.05) is 0 Å². The molecule has 0 saturated heterocycles. The normalized spacial score (nSPS) is 10.4. The fraction of sp³-hybridized carbons (Fsp3) is 0.417. The maximum Gasteiger partial charge on any atom is 0.234 e. The smallest absolute Gasteiger partial charge is 0.234 e. The van der Waals surface area contributed by atoms with Crippen molar-refractivity contribution in [3.63, 3.8) is 0 Å². The van der Waals surface area contributed by atoms with Gasteiger partial charge in [0, 0.05) is 26.3 Å². The highest BCUT2D eigenvalue weighted by Gasteiger charge is 2.03. The van der Waals surface area contributed by atoms with E-state index < -0.39 is 11.6 Å². The number of carbonyl (C=O) groups is 1. The Bertz CT molecular complexity index is 379. The van der Waals surface area contributed by atoms with Crippen molar-refractivity contribution in [2.24, 2.45) is 0 Å². The zero-order valence-electron chi connectivity index (χ0n) is 10.1. The Morgan fingerprint density at radius 2 is 1.94 bits per heavy atom. The fourth-order valence-electron chi connectivity index (χ4n) is 1.35. The summed E-state index contributed by atoms with van der Waals surface area (Å²) in [5.41, 5.74) is 0.387. The Kier molecular flexibility index (Phi) is 6.24. The van der Waals surface area contributed by atoms with Crippen molar-refractivity contribution in [2.75, 3.05) is 26.8 Å². The molecule has 0 bridgehead atoms. The van der Waals surface area contributed by atoms with E-state index in [9.17, 15) is 13.6 Å². The van der Waals surface area contributed by atoms with E-state index in [4.69, 9.17) is 4.74 Å². The highest BCUT2D eigenvalue weighted by atomic mass is 19.1. The molecule has 0 atom stereocenters. The Balaban J connectivity index is 2.29. The second kappa shape index (κ2) is 7.73. The molecule has 1 aromatic carbocycles. The summed E-state index contributed by atoms with van der Waals surface area (Å²) in [6.45, 7) is 1.32. The lowest BCUT2D eigenvalue weighted by Gasteiger charge is -2.07. The lowest BCUT2D eigenvalue weighted by molar-refractivity contribution is -0.120. The molecule has 4 nitrogen and oxygen atoms in total. The van der Waals surface area contributed by atoms with Crippen LogP contribution in [0, 0.1) is 11.6 Å². The van der Waals surface area contributed by atoms with E-state index in [0.717, 1.165) is 6.07 Å². The van der Waals surface area contributed by atoms with Crippen LogP contribution < -0.4 is 10.6 Å². The van der Waals surface area contributed by atoms with Gasteiger partial charge >= 0.3 is 0 Å². The Labute approximate surface area is 104 Å². The number of benzene rings is 1. The molecule has 0 aliphatic carbocycles. The van der Waals surface area contributed by atoms with Crippen molar-refractivity contribution in [1.82, 2.24) is 10.6 Å². The van der Waals surface area contributed by atoms with Gasteiger partial charge in [0.25, 0.3) is 0 Å². The van der Waals surface area contributed by atoms with E-state index in [-0.39, 0.29) is 19.0 Å². The Hall–Kier alpha value is -1.53. The molecule has 1 amide bonds. The summed E-state index contributed by atoms with van der Waals surface area (Å²) in [7, 11) is 1.57. The van der Waals surface area contributed by atoms with Crippen molar-refractivity contribution in [3.05, 3.63) is 35.4 Å². The number of hydrogen-bond donors (Lipinski definition) is 2. The summed E-state index contributed by atoms with van der Waals surface area (Å²) >= 11 is 0. The van der Waals surface area contributed by atoms with Gasteiger partial charge in [0.1, 0.15) is 11.6 Å². The second-order valence-electron chi connectivity index (χ2n) is 3.72. The first-order chi connectivity index (χ1) is 8.61. The van der Waals surface area contributed by atoms with Crippen molar-refractivity contribution >= 4 is 5.91 Å². The van der Waals surface area contributed by atoms with Crippen molar-refractivity contribution in [1.29, 1.82) is 0 Å². The standard InChI is InChI=1S/C12H16F2N2O2/c1-18-3-2-15-8-12(17)16-7-9-4-10(13)6-11(14)5-9/h4-6,15H,2-3,7-8H2,1H3,(H,16,17). The molecule has 18 heavy (non-hydrogen) atoms. The largest absolute Gasteiger partial charge is 0.383 e. The van der Waals surface area contributed by atoms with Gasteiger partial charge < -0.3 is 15.4 Å². The molecule has 1 aromatic rings. The van der Waals surface area contributed by atoms with Crippen LogP contribution in [0.25, 0.3) is 0 Å². The van der Waals surface area contributed by atoms with Crippen LogP contribution in [0.4, 0.5) is 8.78 Å². The van der Waals surface area contributed by atoms with E-state index in [1.165, 1.54) is 12.1 Å². The number of carbonyl (C=O) groups excluding carboxylic acids is 1. The van der Waals surface area contributed by atoms with E-state index in [0.29, 0.717) is 18.7 Å². The first kappa shape index (κ1) is 14.5. The molecule has 6 heteroatoms. The van der Waals surface area contributed by atoms with E-state index >= 15 is 0 Å². The SMILES string of the molecule is COCCNCC(=O)NCc1cc(F)cc(F)c1. The van der Waals surface area contributed by atoms with Crippen LogP contribution in [0.5, 0.6) is 0 Å². The predicted octanol–water partition coefficient (Wildman–Crippen LogP) is 0.817. The van der Waals surface area contributed by atoms with Gasteiger partial charge in [-0.15, -0.1) is 0 Å². The Morgan fingerprint density at radius 3 is 2.56 bits per heavy atom. The van der Waals surface area contributed by atoms with Gasteiger partial charge in [0.15, 0.2) is 0 Å². The zero-order valence-corrected chi connectivity index (χ0v) is 10.1. The minimum Gasteiger partial charge on any atom is -0.383 e. The quantitative estimate of drug-likeness (QED) is 0.712. The third-order valence-corrected chi connectivity index (χ3v) is 2.18. The van der Waals surface area contributed by atoms with Gasteiger partial charge in [-0.2, -0.15) is 0 Å². The molecule has 0 radical (unpaired) electrons. The summed E-state index contributed by atoms with van der Waals surface area (Å²) < 4.78 is 30.5. The van der Waals surface area contributed by atoms with Crippen LogP contribution in [-0.2, 0) is 16.1 Å². The van der Waals surface area contributed by atoms with Gasteiger partial charge in [-0.1, -0.05) is 0 Å². The number of ether oxygens (including phenoxy) is 1. The molecule has 2 N–H and O–H groups in total. The van der Waals surface area contributed by atoms with Gasteiger partial charge in [-0.3, -0.25) is 4.79 Å². The van der Waals surface area contributed by atoms with Gasteiger partial charge in [0.2, 0.25) is 5.91 Å². The number of rotatable bonds is 7. The molecule has 0 heterocycles. The Morgan fingerprint density at radius 1 is 1.28 bits per heavy atom. The van der Waals surface area contributed by atoms with Crippen LogP contribution >= 0.6 is 0 Å². The molecule has 0 aromatic heterocycles. The number of halogens is 2. The average Bonchev–Trinajstić information content (AvgIpc) is 2.31. The number of nitrogens with one attached hydrogen (secondary N) is 2. The molecule has 0 aliphatic rings. The molecular formula is C12H16F2N2O2. The molecule has 0 unspecified atom stereocenters. The minimum atomic E-state index is -0.655. The lowest BCUT2D eigenvalue weighted by atomic mass is 10.2. The van der Waals surface area contributed by atoms with Gasteiger partial charge in [-0.25, -0.2) is 8.78 Å². The first-order valence-electron chi connectivity index (χ1n) is 5.53. The molecule has 0 aliphatic heterocycles. The summed E-state index contributed by atoms with van der Waals surface area (Å²) in [6.07, 6.45) is 0. The predicted molar refractivity (Wildman–Crippen MR) is 63.0 cm³/mol. The third-order valence-electron chi connectivity index (χ3n) is 2.18. The van der Waals surface area contributed by atoms with Crippen LogP contribution in [0.15, 0.2) is 18.2 Å². The highest BCUT2D eigenvalue weighted by molar-refractivity contribution is 5.77. The number of amides is 1. The average molecular weight is 258 g/mol.